The van der Waals surface area contributed by atoms with E-state index in [4.69, 9.17) is 18.9 Å². The van der Waals surface area contributed by atoms with E-state index in [0.29, 0.717) is 50.1 Å². The van der Waals surface area contributed by atoms with Crippen LogP contribution in [0.3, 0.4) is 0 Å². The molecule has 7 nitrogen and oxygen atoms in total. The van der Waals surface area contributed by atoms with E-state index in [-0.39, 0.29) is 11.4 Å². The minimum atomic E-state index is -3.63. The van der Waals surface area contributed by atoms with Crippen LogP contribution in [0.15, 0.2) is 41.3 Å². The van der Waals surface area contributed by atoms with Gasteiger partial charge in [-0.05, 0) is 36.2 Å². The van der Waals surface area contributed by atoms with Crippen molar-refractivity contribution < 1.29 is 27.4 Å². The van der Waals surface area contributed by atoms with Gasteiger partial charge in [0.05, 0.1) is 18.1 Å². The fraction of sp³-hybridized carbons (Fsp3) is 0.368. The van der Waals surface area contributed by atoms with Crippen LogP contribution in [-0.2, 0) is 16.4 Å². The van der Waals surface area contributed by atoms with Crippen molar-refractivity contribution in [3.8, 4) is 23.0 Å². The van der Waals surface area contributed by atoms with Gasteiger partial charge in [-0.15, -0.1) is 0 Å². The Labute approximate surface area is 158 Å². The molecule has 2 aromatic rings. The van der Waals surface area contributed by atoms with Crippen molar-refractivity contribution in [1.29, 1.82) is 0 Å². The van der Waals surface area contributed by atoms with Crippen molar-refractivity contribution in [2.45, 2.75) is 17.7 Å². The zero-order valence-electron chi connectivity index (χ0n) is 14.8. The third-order valence-electron chi connectivity index (χ3n) is 4.34. The Kier molecular flexibility index (Phi) is 5.09. The summed E-state index contributed by atoms with van der Waals surface area (Å²) in [5.74, 6) is 2.45. The quantitative estimate of drug-likeness (QED) is 0.841. The van der Waals surface area contributed by atoms with Crippen LogP contribution in [0.2, 0.25) is 0 Å². The first-order valence-corrected chi connectivity index (χ1v) is 10.4. The van der Waals surface area contributed by atoms with Crippen molar-refractivity contribution in [1.82, 2.24) is 4.72 Å². The Hall–Kier alpha value is -2.45. The maximum atomic E-state index is 12.6. The number of hydrogen-bond acceptors (Lipinski definition) is 6. The number of fused-ring (bicyclic) bond motifs is 2. The van der Waals surface area contributed by atoms with Gasteiger partial charge in [-0.1, -0.05) is 6.07 Å². The van der Waals surface area contributed by atoms with E-state index in [1.165, 1.54) is 12.1 Å². The van der Waals surface area contributed by atoms with Gasteiger partial charge in [0.25, 0.3) is 0 Å². The number of ether oxygens (including phenoxy) is 4. The number of benzene rings is 2. The molecule has 0 unspecified atom stereocenters. The van der Waals surface area contributed by atoms with Gasteiger partial charge in [0, 0.05) is 19.0 Å². The summed E-state index contributed by atoms with van der Waals surface area (Å²) >= 11 is 0. The minimum absolute atomic E-state index is 0.161. The van der Waals surface area contributed by atoms with Gasteiger partial charge >= 0.3 is 0 Å². The number of rotatable bonds is 5. The Morgan fingerprint density at radius 1 is 0.778 bits per heavy atom. The first-order valence-electron chi connectivity index (χ1n) is 8.90. The van der Waals surface area contributed by atoms with Crippen LogP contribution in [-0.4, -0.2) is 41.4 Å². The fourth-order valence-electron chi connectivity index (χ4n) is 2.97. The van der Waals surface area contributed by atoms with E-state index in [1.807, 2.05) is 18.2 Å². The van der Waals surface area contributed by atoms with Crippen molar-refractivity contribution in [2.24, 2.45) is 0 Å². The van der Waals surface area contributed by atoms with Gasteiger partial charge in [0.1, 0.15) is 13.2 Å². The van der Waals surface area contributed by atoms with Crippen molar-refractivity contribution in [2.75, 3.05) is 33.0 Å². The molecule has 0 aromatic heterocycles. The van der Waals surface area contributed by atoms with Crippen LogP contribution in [0.5, 0.6) is 23.0 Å². The molecule has 1 N–H and O–H groups in total. The van der Waals surface area contributed by atoms with Crippen LogP contribution >= 0.6 is 0 Å². The summed E-state index contributed by atoms with van der Waals surface area (Å²) < 4.78 is 49.9. The zero-order valence-corrected chi connectivity index (χ0v) is 15.6. The molecule has 0 saturated heterocycles. The van der Waals surface area contributed by atoms with E-state index in [1.54, 1.807) is 6.07 Å². The Morgan fingerprint density at radius 2 is 1.41 bits per heavy atom. The minimum Gasteiger partial charge on any atom is -0.490 e. The molecule has 0 bridgehead atoms. The van der Waals surface area contributed by atoms with Crippen LogP contribution < -0.4 is 23.7 Å². The molecule has 0 spiro atoms. The molecule has 27 heavy (non-hydrogen) atoms. The summed E-state index contributed by atoms with van der Waals surface area (Å²) in [5, 5.41) is 0. The second kappa shape index (κ2) is 7.66. The molecule has 0 aliphatic carbocycles. The van der Waals surface area contributed by atoms with E-state index < -0.39 is 10.0 Å². The second-order valence-corrected chi connectivity index (χ2v) is 8.05. The number of sulfonamides is 1. The van der Waals surface area contributed by atoms with Crippen molar-refractivity contribution in [3.05, 3.63) is 42.0 Å². The molecule has 0 atom stereocenters. The lowest BCUT2D eigenvalue weighted by molar-refractivity contribution is 0.171. The molecule has 2 aliphatic rings. The molecule has 0 saturated carbocycles. The molecule has 8 heteroatoms. The van der Waals surface area contributed by atoms with Crippen LogP contribution in [0.1, 0.15) is 12.0 Å². The fourth-order valence-corrected chi connectivity index (χ4v) is 4.01. The smallest absolute Gasteiger partial charge is 0.240 e. The average Bonchev–Trinajstić information content (AvgIpc) is 2.92. The summed E-state index contributed by atoms with van der Waals surface area (Å²) in [7, 11) is -3.63. The average molecular weight is 391 g/mol. The van der Waals surface area contributed by atoms with Crippen LogP contribution in [0, 0.1) is 0 Å². The lowest BCUT2D eigenvalue weighted by Gasteiger charge is -2.18. The standard InChI is InChI=1S/C19H21NO6S/c21-27(22,15-3-5-17-19(13-15)24-9-1-8-23-17)20-7-6-14-2-4-16-18(12-14)26-11-10-25-16/h2-5,12-13,20H,1,6-11H2. The molecule has 144 valence electrons. The maximum Gasteiger partial charge on any atom is 0.240 e. The largest absolute Gasteiger partial charge is 0.490 e. The molecular weight excluding hydrogens is 370 g/mol. The summed E-state index contributed by atoms with van der Waals surface area (Å²) in [4.78, 5) is 0.161. The Morgan fingerprint density at radius 3 is 2.22 bits per heavy atom. The lowest BCUT2D eigenvalue weighted by atomic mass is 10.1. The highest BCUT2D eigenvalue weighted by Crippen LogP contribution is 2.32. The van der Waals surface area contributed by atoms with Crippen molar-refractivity contribution >= 4 is 10.0 Å². The lowest BCUT2D eigenvalue weighted by Crippen LogP contribution is -2.26. The molecule has 0 radical (unpaired) electrons. The van der Waals surface area contributed by atoms with Crippen molar-refractivity contribution in [3.63, 3.8) is 0 Å². The third kappa shape index (κ3) is 4.12. The molecule has 2 aromatic carbocycles. The predicted molar refractivity (Wildman–Crippen MR) is 98.4 cm³/mol. The van der Waals surface area contributed by atoms with Crippen LogP contribution in [0.25, 0.3) is 0 Å². The van der Waals surface area contributed by atoms with E-state index in [2.05, 4.69) is 4.72 Å². The summed E-state index contributed by atoms with van der Waals surface area (Å²) in [6.07, 6.45) is 1.31. The summed E-state index contributed by atoms with van der Waals surface area (Å²) in [6, 6.07) is 10.3. The molecule has 2 heterocycles. The monoisotopic (exact) mass is 391 g/mol. The third-order valence-corrected chi connectivity index (χ3v) is 5.80. The van der Waals surface area contributed by atoms with Crippen LogP contribution in [0.4, 0.5) is 0 Å². The van der Waals surface area contributed by atoms with E-state index >= 15 is 0 Å². The van der Waals surface area contributed by atoms with Gasteiger partial charge in [0.2, 0.25) is 10.0 Å². The zero-order chi connectivity index (χ0) is 18.7. The Balaban J connectivity index is 1.41. The first kappa shape index (κ1) is 17.9. The highest BCUT2D eigenvalue weighted by Gasteiger charge is 2.19. The highest BCUT2D eigenvalue weighted by atomic mass is 32.2. The molecular formula is C19H21NO6S. The van der Waals surface area contributed by atoms with Gasteiger partial charge in [-0.3, -0.25) is 0 Å². The molecule has 0 fully saturated rings. The number of hydrogen-bond donors (Lipinski definition) is 1. The van der Waals surface area contributed by atoms with Gasteiger partial charge in [0.15, 0.2) is 23.0 Å². The topological polar surface area (TPSA) is 83.1 Å². The molecule has 0 amide bonds. The second-order valence-electron chi connectivity index (χ2n) is 6.28. The summed E-state index contributed by atoms with van der Waals surface area (Å²) in [6.45, 7) is 2.41. The number of nitrogens with one attached hydrogen (secondary N) is 1. The molecule has 2 aliphatic heterocycles. The highest BCUT2D eigenvalue weighted by molar-refractivity contribution is 7.89. The molecule has 4 rings (SSSR count). The SMILES string of the molecule is O=S(=O)(NCCc1ccc2c(c1)OCCO2)c1ccc2c(c1)OCCCO2. The van der Waals surface area contributed by atoms with Gasteiger partial charge in [-0.25, -0.2) is 13.1 Å². The normalized spacial score (nSPS) is 15.9. The summed E-state index contributed by atoms with van der Waals surface area (Å²) in [5.41, 5.74) is 0.973. The Bertz CT molecular complexity index is 928. The van der Waals surface area contributed by atoms with Gasteiger partial charge in [-0.2, -0.15) is 0 Å². The van der Waals surface area contributed by atoms with Gasteiger partial charge < -0.3 is 18.9 Å². The van der Waals surface area contributed by atoms with E-state index in [9.17, 15) is 8.42 Å². The van der Waals surface area contributed by atoms with E-state index in [0.717, 1.165) is 17.7 Å². The first-order chi connectivity index (χ1) is 13.1. The maximum absolute atomic E-state index is 12.6. The predicted octanol–water partition coefficient (Wildman–Crippen LogP) is 2.14.